The number of ether oxygens (including phenoxy) is 1. The van der Waals surface area contributed by atoms with Crippen molar-refractivity contribution in [1.29, 1.82) is 15.8 Å². The Morgan fingerprint density at radius 3 is 1.31 bits per heavy atom. The molecule has 0 bridgehead atoms. The van der Waals surface area contributed by atoms with E-state index in [-0.39, 0.29) is 60.2 Å². The Morgan fingerprint density at radius 2 is 0.959 bits per heavy atom. The minimum absolute atomic E-state index is 0. The number of benzene rings is 6. The van der Waals surface area contributed by atoms with E-state index in [1.165, 1.54) is 17.2 Å². The first kappa shape index (κ1) is 75.8. The molecular formula is C73H71BrCl6FN12NaO3. The average molecular weight is 1500 g/mol. The second kappa shape index (κ2) is 40.2. The van der Waals surface area contributed by atoms with E-state index in [2.05, 4.69) is 97.8 Å². The average Bonchev–Trinajstić information content (AvgIpc) is 0.808. The second-order valence-corrected chi connectivity index (χ2v) is 25.5. The number of aromatic amines is 1. The van der Waals surface area contributed by atoms with Gasteiger partial charge >= 0.3 is 29.6 Å². The maximum absolute atomic E-state index is 12.0. The van der Waals surface area contributed by atoms with Gasteiger partial charge in [0.2, 0.25) is 11.4 Å². The van der Waals surface area contributed by atoms with E-state index in [0.717, 1.165) is 112 Å². The summed E-state index contributed by atoms with van der Waals surface area (Å²) in [6, 6.07) is 62.9. The summed E-state index contributed by atoms with van der Waals surface area (Å²) in [7, 11) is -1.00. The van der Waals surface area contributed by atoms with Crippen LogP contribution in [0.5, 0.6) is 5.88 Å². The van der Waals surface area contributed by atoms with Crippen molar-refractivity contribution < 1.29 is 41.5 Å². The van der Waals surface area contributed by atoms with Gasteiger partial charge in [0.05, 0.1) is 93.7 Å². The standard InChI is InChI=1S/2C24H22Cl2N4O.C19H18BrCl2N3.C5H5NO.CH3F.Na.H/c25-20-7-5-19(6-8-20)23-17-28(11-13-29-10-2-1-3-24(29)31)12-14-30(23)22-9-4-18(16-27)15-21(22)26;25-20-7-5-19(6-8-20)23-17-29(13-14-31-24-3-1-2-10-28-24)11-12-30(23)22-9-4-18(16-27)15-21(22)26;20-7-8-24-9-10-25(18-6-1-14(12-23)11-17(18)22)19(13-24)15-2-4-16(21)5-3-15;7-5-3-1-2-4-6-5;1-2;;/h2*1-10,15,23H,11-14,17H2;1-6,11,19H,7-10,13H2;1-4H,(H,6,7);1H3;;/q;;;;;+1;-1/t2*23-;19-;;;;/m000..../s1/i;;;;1D;;. The predicted octanol–water partition coefficient (Wildman–Crippen LogP) is 13.0. The largest absolute Gasteiger partial charge is 1.00 e. The van der Waals surface area contributed by atoms with Crippen LogP contribution in [-0.4, -0.2) is 127 Å². The molecule has 3 atom stereocenters. The van der Waals surface area contributed by atoms with Crippen LogP contribution in [0.4, 0.5) is 21.5 Å². The molecule has 3 aliphatic rings. The van der Waals surface area contributed by atoms with E-state index in [1.54, 1.807) is 65.5 Å². The maximum atomic E-state index is 12.0. The van der Waals surface area contributed by atoms with Crippen LogP contribution in [0.15, 0.2) is 210 Å². The number of aromatic nitrogens is 3. The van der Waals surface area contributed by atoms with Gasteiger partial charge in [0, 0.05) is 142 Å². The number of alkyl halides is 2. The summed E-state index contributed by atoms with van der Waals surface area (Å²) >= 11 is 41.4. The van der Waals surface area contributed by atoms with Crippen LogP contribution in [0.1, 0.15) is 54.3 Å². The van der Waals surface area contributed by atoms with E-state index in [1.807, 2.05) is 109 Å². The zero-order valence-electron chi connectivity index (χ0n) is 55.3. The van der Waals surface area contributed by atoms with Gasteiger partial charge in [-0.15, -0.1) is 0 Å². The number of piperazine rings is 3. The van der Waals surface area contributed by atoms with Crippen LogP contribution in [0.2, 0.25) is 30.1 Å². The Hall–Kier alpha value is -6.93. The normalized spacial score (nSPS) is 16.2. The molecule has 3 fully saturated rings. The van der Waals surface area contributed by atoms with Gasteiger partial charge in [-0.2, -0.15) is 15.8 Å². The number of nitriles is 3. The summed E-state index contributed by atoms with van der Waals surface area (Å²) in [6.07, 6.45) is 5.15. The molecule has 9 aromatic rings. The molecule has 0 saturated carbocycles. The van der Waals surface area contributed by atoms with E-state index in [4.69, 9.17) is 91.5 Å². The van der Waals surface area contributed by atoms with Crippen molar-refractivity contribution >= 4 is 103 Å². The van der Waals surface area contributed by atoms with Crippen LogP contribution >= 0.6 is 85.5 Å². The fraction of sp³-hybridized carbons (Fsp3) is 0.260. The van der Waals surface area contributed by atoms with Gasteiger partial charge < -0.3 is 30.4 Å². The van der Waals surface area contributed by atoms with Gasteiger partial charge in [-0.05, 0) is 126 Å². The topological polar surface area (TPSA) is 168 Å². The molecule has 0 amide bonds. The van der Waals surface area contributed by atoms with Crippen LogP contribution in [0.25, 0.3) is 0 Å². The fourth-order valence-electron chi connectivity index (χ4n) is 11.4. The molecule has 6 heterocycles. The van der Waals surface area contributed by atoms with Crippen molar-refractivity contribution in [3.8, 4) is 24.1 Å². The Kier molecular flexibility index (Phi) is 31.4. The monoisotopic (exact) mass is 1500 g/mol. The van der Waals surface area contributed by atoms with E-state index < -0.39 is 7.15 Å². The first-order valence-corrected chi connectivity index (χ1v) is 34.1. The molecule has 0 spiro atoms. The van der Waals surface area contributed by atoms with Gasteiger partial charge in [0.1, 0.15) is 6.61 Å². The quantitative estimate of drug-likeness (QED) is 0.0761. The minimum atomic E-state index is -1.00. The third kappa shape index (κ3) is 22.8. The number of hydrogen-bond acceptors (Lipinski definition) is 13. The van der Waals surface area contributed by atoms with Gasteiger partial charge in [0.15, 0.2) is 0 Å². The third-order valence-electron chi connectivity index (χ3n) is 16.2. The summed E-state index contributed by atoms with van der Waals surface area (Å²) in [6.45, 7) is 11.5. The van der Waals surface area contributed by atoms with E-state index in [0.29, 0.717) is 60.8 Å². The van der Waals surface area contributed by atoms with Gasteiger partial charge in [-0.3, -0.25) is 28.7 Å². The number of nitrogens with zero attached hydrogens (tertiary/aromatic N) is 11. The van der Waals surface area contributed by atoms with Crippen LogP contribution in [-0.2, 0) is 6.54 Å². The van der Waals surface area contributed by atoms with Gasteiger partial charge in [-0.25, -0.2) is 4.98 Å². The Morgan fingerprint density at radius 1 is 0.546 bits per heavy atom. The molecule has 24 heteroatoms. The molecule has 97 heavy (non-hydrogen) atoms. The number of hydrogen-bond donors (Lipinski definition) is 1. The molecule has 12 rings (SSSR count). The third-order valence-corrected chi connectivity index (χ3v) is 18.3. The maximum Gasteiger partial charge on any atom is 1.00 e. The van der Waals surface area contributed by atoms with Crippen molar-refractivity contribution in [2.75, 3.05) is 112 Å². The number of nitrogens with one attached hydrogen (secondary N) is 1. The van der Waals surface area contributed by atoms with Crippen LogP contribution in [0.3, 0.4) is 0 Å². The molecular weight excluding hydrogens is 1430 g/mol. The SMILES string of the molecule is N#Cc1ccc(N2CCN(CCBr)C[C@H]2c2ccc(Cl)cc2)c(Cl)c1.N#Cc1ccc(N2CCN(CCOc3ccccn3)C[C@H]2c2ccc(Cl)cc2)c(Cl)c1.N#Cc1ccc(N2CCN(CCn3ccccc3=O)C[C@H]2c2ccc(Cl)cc2)c(Cl)c1.O=c1cccc[nH]1.[2H]CF.[H-].[Na+]. The molecule has 1 N–H and O–H groups in total. The predicted molar refractivity (Wildman–Crippen MR) is 392 cm³/mol. The summed E-state index contributed by atoms with van der Waals surface area (Å²) in [5, 5.41) is 32.3. The van der Waals surface area contributed by atoms with E-state index in [9.17, 15) is 14.0 Å². The number of halogens is 8. The van der Waals surface area contributed by atoms with E-state index >= 15 is 0 Å². The van der Waals surface area contributed by atoms with Crippen LogP contribution < -0.4 is 60.1 Å². The zero-order valence-corrected chi connectivity index (χ0v) is 61.4. The van der Waals surface area contributed by atoms with Gasteiger partial charge in [-0.1, -0.05) is 140 Å². The van der Waals surface area contributed by atoms with Crippen molar-refractivity contribution in [2.45, 2.75) is 24.7 Å². The molecule has 3 aliphatic heterocycles. The molecule has 6 aromatic carbocycles. The van der Waals surface area contributed by atoms with Crippen molar-refractivity contribution in [2.24, 2.45) is 0 Å². The van der Waals surface area contributed by atoms with Crippen LogP contribution in [0, 0.1) is 34.0 Å². The molecule has 0 radical (unpaired) electrons. The molecule has 0 aliphatic carbocycles. The molecule has 498 valence electrons. The summed E-state index contributed by atoms with van der Waals surface area (Å²) in [4.78, 5) is 43.0. The number of rotatable bonds is 15. The minimum Gasteiger partial charge on any atom is -1.00 e. The van der Waals surface area contributed by atoms with Crippen molar-refractivity contribution in [1.82, 2.24) is 29.2 Å². The first-order valence-electron chi connectivity index (χ1n) is 31.4. The Bertz CT molecular complexity index is 4200. The second-order valence-electron chi connectivity index (χ2n) is 22.2. The number of pyridine rings is 3. The summed E-state index contributed by atoms with van der Waals surface area (Å²) < 4.78 is 23.0. The van der Waals surface area contributed by atoms with Crippen molar-refractivity contribution in [3.63, 3.8) is 0 Å². The Balaban J connectivity index is 0.000000217. The first-order chi connectivity index (χ1) is 47.1. The Labute approximate surface area is 629 Å². The zero-order chi connectivity index (χ0) is 69.1. The molecule has 3 aromatic heterocycles. The number of H-pyrrole nitrogens is 1. The smallest absolute Gasteiger partial charge is 1.00 e. The van der Waals surface area contributed by atoms with Crippen molar-refractivity contribution in [3.05, 3.63) is 285 Å². The number of anilines is 3. The summed E-state index contributed by atoms with van der Waals surface area (Å²) in [5.41, 5.74) is 7.99. The molecule has 0 unspecified atom stereocenters. The van der Waals surface area contributed by atoms with Gasteiger partial charge in [0.25, 0.3) is 5.56 Å². The molecule has 15 nitrogen and oxygen atoms in total. The molecule has 3 saturated heterocycles. The fourth-order valence-corrected chi connectivity index (χ4v) is 13.2. The summed E-state index contributed by atoms with van der Waals surface area (Å²) in [5.74, 6) is 0.639.